The van der Waals surface area contributed by atoms with Gasteiger partial charge in [0.15, 0.2) is 0 Å². The van der Waals surface area contributed by atoms with Crippen molar-refractivity contribution in [1.29, 1.82) is 0 Å². The Kier molecular flexibility index (Phi) is 3.25. The number of aliphatic hydroxyl groups is 1. The first-order valence-corrected chi connectivity index (χ1v) is 6.60. The van der Waals surface area contributed by atoms with E-state index < -0.39 is 5.60 Å². The Hall–Kier alpha value is -0.540. The predicted molar refractivity (Wildman–Crippen MR) is 69.2 cm³/mol. The number of aryl methyl sites for hydroxylation is 2. The fraction of sp³-hybridized carbons (Fsp3) is 0.769. The summed E-state index contributed by atoms with van der Waals surface area (Å²) in [6.07, 6.45) is 2.40. The van der Waals surface area contributed by atoms with Gasteiger partial charge >= 0.3 is 0 Å². The van der Waals surface area contributed by atoms with E-state index >= 15 is 0 Å². The molecule has 0 bridgehead atoms. The Morgan fingerprint density at radius 2 is 2.12 bits per heavy atom. The van der Waals surface area contributed by atoms with Gasteiger partial charge in [0, 0.05) is 19.0 Å². The third kappa shape index (κ3) is 2.36. The van der Waals surface area contributed by atoms with E-state index in [2.05, 4.69) is 18.9 Å². The first-order chi connectivity index (χ1) is 7.82. The van der Waals surface area contributed by atoms with E-state index in [1.54, 1.807) is 4.68 Å². The zero-order chi connectivity index (χ0) is 12.8. The van der Waals surface area contributed by atoms with Crippen molar-refractivity contribution in [3.05, 3.63) is 16.4 Å². The zero-order valence-electron chi connectivity index (χ0n) is 11.0. The molecule has 1 saturated carbocycles. The van der Waals surface area contributed by atoms with E-state index in [-0.39, 0.29) is 0 Å². The van der Waals surface area contributed by atoms with Gasteiger partial charge in [0.1, 0.15) is 5.15 Å². The Morgan fingerprint density at radius 3 is 2.53 bits per heavy atom. The van der Waals surface area contributed by atoms with Crippen molar-refractivity contribution in [3.63, 3.8) is 0 Å². The van der Waals surface area contributed by atoms with E-state index in [4.69, 9.17) is 11.6 Å². The lowest BCUT2D eigenvalue weighted by molar-refractivity contribution is -0.0861. The highest BCUT2D eigenvalue weighted by Gasteiger charge is 2.44. The highest BCUT2D eigenvalue weighted by Crippen LogP contribution is 2.44. The first kappa shape index (κ1) is 12.9. The molecule has 0 spiro atoms. The second-order valence-electron chi connectivity index (χ2n) is 5.79. The number of halogens is 1. The molecule has 3 nitrogen and oxygen atoms in total. The van der Waals surface area contributed by atoms with Gasteiger partial charge in [-0.25, -0.2) is 0 Å². The van der Waals surface area contributed by atoms with Gasteiger partial charge in [-0.3, -0.25) is 4.68 Å². The minimum absolute atomic E-state index is 0.563. The molecule has 1 fully saturated rings. The second-order valence-corrected chi connectivity index (χ2v) is 6.15. The van der Waals surface area contributed by atoms with Crippen LogP contribution in [0.3, 0.4) is 0 Å². The van der Waals surface area contributed by atoms with Gasteiger partial charge < -0.3 is 5.11 Å². The molecular formula is C13H21ClN2O. The van der Waals surface area contributed by atoms with Crippen LogP contribution in [0, 0.1) is 18.8 Å². The summed E-state index contributed by atoms with van der Waals surface area (Å²) < 4.78 is 1.67. The molecule has 0 atom stereocenters. The summed E-state index contributed by atoms with van der Waals surface area (Å²) in [6.45, 7) is 6.38. The van der Waals surface area contributed by atoms with Crippen LogP contribution in [-0.4, -0.2) is 20.5 Å². The monoisotopic (exact) mass is 256 g/mol. The average Bonchev–Trinajstić information content (AvgIpc) is 2.41. The molecule has 0 amide bonds. The normalized spacial score (nSPS) is 28.5. The van der Waals surface area contributed by atoms with E-state index in [0.29, 0.717) is 23.4 Å². The largest absolute Gasteiger partial charge is 0.390 e. The molecule has 1 N–H and O–H groups in total. The highest BCUT2D eigenvalue weighted by atomic mass is 35.5. The number of rotatable bonds is 3. The van der Waals surface area contributed by atoms with Gasteiger partial charge in [-0.15, -0.1) is 0 Å². The van der Waals surface area contributed by atoms with Gasteiger partial charge in [0.2, 0.25) is 0 Å². The lowest BCUT2D eigenvalue weighted by atomic mass is 9.64. The summed E-state index contributed by atoms with van der Waals surface area (Å²) in [5.41, 5.74) is 1.37. The fourth-order valence-corrected chi connectivity index (χ4v) is 2.98. The quantitative estimate of drug-likeness (QED) is 0.903. The number of nitrogens with zero attached hydrogens (tertiary/aromatic N) is 2. The maximum Gasteiger partial charge on any atom is 0.130 e. The summed E-state index contributed by atoms with van der Waals surface area (Å²) in [5.74, 6) is 1.30. The molecule has 0 radical (unpaired) electrons. The molecule has 0 unspecified atom stereocenters. The van der Waals surface area contributed by atoms with Crippen molar-refractivity contribution in [2.45, 2.75) is 45.6 Å². The molecule has 1 heterocycles. The predicted octanol–water partition coefficient (Wildman–Crippen LogP) is 2.72. The molecule has 1 aliphatic carbocycles. The topological polar surface area (TPSA) is 38.0 Å². The second kappa shape index (κ2) is 4.29. The van der Waals surface area contributed by atoms with Crippen LogP contribution < -0.4 is 0 Å². The Bertz CT molecular complexity index is 419. The smallest absolute Gasteiger partial charge is 0.130 e. The van der Waals surface area contributed by atoms with Crippen molar-refractivity contribution < 1.29 is 5.11 Å². The van der Waals surface area contributed by atoms with Crippen LogP contribution in [0.4, 0.5) is 0 Å². The average molecular weight is 257 g/mol. The third-order valence-electron chi connectivity index (χ3n) is 4.00. The van der Waals surface area contributed by atoms with Crippen LogP contribution in [0.2, 0.25) is 5.15 Å². The van der Waals surface area contributed by atoms with Crippen molar-refractivity contribution in [2.24, 2.45) is 18.9 Å². The molecule has 4 heteroatoms. The summed E-state index contributed by atoms with van der Waals surface area (Å²) in [5, 5.41) is 15.4. The highest BCUT2D eigenvalue weighted by molar-refractivity contribution is 6.30. The Morgan fingerprint density at radius 1 is 1.53 bits per heavy atom. The lowest BCUT2D eigenvalue weighted by Crippen LogP contribution is -2.47. The van der Waals surface area contributed by atoms with E-state index in [1.807, 2.05) is 14.0 Å². The van der Waals surface area contributed by atoms with Crippen molar-refractivity contribution in [2.75, 3.05) is 0 Å². The van der Waals surface area contributed by atoms with Crippen LogP contribution >= 0.6 is 11.6 Å². The Labute approximate surface area is 108 Å². The van der Waals surface area contributed by atoms with Crippen molar-refractivity contribution in [3.8, 4) is 0 Å². The summed E-state index contributed by atoms with van der Waals surface area (Å²) in [7, 11) is 1.83. The van der Waals surface area contributed by atoms with E-state index in [9.17, 15) is 5.11 Å². The number of aromatic nitrogens is 2. The first-order valence-electron chi connectivity index (χ1n) is 6.23. The maximum absolute atomic E-state index is 10.4. The molecule has 1 aliphatic rings. The van der Waals surface area contributed by atoms with E-state index in [1.165, 1.54) is 0 Å². The summed E-state index contributed by atoms with van der Waals surface area (Å²) >= 11 is 6.19. The molecule has 0 aliphatic heterocycles. The van der Waals surface area contributed by atoms with Gasteiger partial charge in [-0.05, 0) is 31.6 Å². The Balaban J connectivity index is 2.07. The minimum Gasteiger partial charge on any atom is -0.390 e. The molecule has 96 valence electrons. The van der Waals surface area contributed by atoms with Crippen LogP contribution in [0.15, 0.2) is 0 Å². The molecule has 0 aromatic carbocycles. The number of hydrogen-bond donors (Lipinski definition) is 1. The van der Waals surface area contributed by atoms with Gasteiger partial charge in [-0.2, -0.15) is 5.10 Å². The lowest BCUT2D eigenvalue weighted by Gasteiger charge is -2.46. The van der Waals surface area contributed by atoms with Crippen LogP contribution in [0.5, 0.6) is 0 Å². The third-order valence-corrected chi connectivity index (χ3v) is 4.48. The molecular weight excluding hydrogens is 236 g/mol. The SMILES string of the molecule is Cc1nn(C)c(Cl)c1CC1(O)CC(C(C)C)C1. The fourth-order valence-electron chi connectivity index (χ4n) is 2.74. The molecule has 1 aromatic heterocycles. The van der Waals surface area contributed by atoms with Crippen LogP contribution in [0.25, 0.3) is 0 Å². The molecule has 0 saturated heterocycles. The molecule has 2 rings (SSSR count). The van der Waals surface area contributed by atoms with Crippen molar-refractivity contribution in [1.82, 2.24) is 9.78 Å². The molecule has 17 heavy (non-hydrogen) atoms. The zero-order valence-corrected chi connectivity index (χ0v) is 11.8. The summed E-state index contributed by atoms with van der Waals surface area (Å²) in [4.78, 5) is 0. The van der Waals surface area contributed by atoms with Gasteiger partial charge in [0.05, 0.1) is 11.3 Å². The number of hydrogen-bond acceptors (Lipinski definition) is 2. The maximum atomic E-state index is 10.4. The minimum atomic E-state index is -0.563. The van der Waals surface area contributed by atoms with Crippen LogP contribution in [-0.2, 0) is 13.5 Å². The standard InChI is InChI=1S/C13H21ClN2O/c1-8(2)10-5-13(17,6-10)7-11-9(3)15-16(4)12(11)14/h8,10,17H,5-7H2,1-4H3. The van der Waals surface area contributed by atoms with Gasteiger partial charge in [-0.1, -0.05) is 25.4 Å². The summed E-state index contributed by atoms with van der Waals surface area (Å²) in [6, 6.07) is 0. The van der Waals surface area contributed by atoms with Crippen molar-refractivity contribution >= 4 is 11.6 Å². The molecule has 1 aromatic rings. The van der Waals surface area contributed by atoms with Crippen LogP contribution in [0.1, 0.15) is 37.9 Å². The van der Waals surface area contributed by atoms with Gasteiger partial charge in [0.25, 0.3) is 0 Å². The van der Waals surface area contributed by atoms with E-state index in [0.717, 1.165) is 24.1 Å².